The predicted molar refractivity (Wildman–Crippen MR) is 70.1 cm³/mol. The second-order valence-electron chi connectivity index (χ2n) is 7.00. The first-order valence-corrected chi connectivity index (χ1v) is 6.14. The highest BCUT2D eigenvalue weighted by atomic mass is 15.0. The van der Waals surface area contributed by atoms with E-state index in [-0.39, 0.29) is 10.8 Å². The van der Waals surface area contributed by atoms with Gasteiger partial charge in [0.15, 0.2) is 0 Å². The molecule has 1 heterocycles. The Morgan fingerprint density at radius 2 is 1.44 bits per heavy atom. The van der Waals surface area contributed by atoms with Crippen LogP contribution in [-0.2, 0) is 10.8 Å². The summed E-state index contributed by atoms with van der Waals surface area (Å²) in [5, 5.41) is 0. The minimum Gasteiger partial charge on any atom is -0.345 e. The lowest BCUT2D eigenvalue weighted by Gasteiger charge is -2.24. The van der Waals surface area contributed by atoms with Gasteiger partial charge < -0.3 is 4.98 Å². The summed E-state index contributed by atoms with van der Waals surface area (Å²) in [6.45, 7) is 17.7. The molecular weight excluding hydrogens is 196 g/mol. The van der Waals surface area contributed by atoms with Crippen molar-refractivity contribution in [2.75, 3.05) is 0 Å². The molecule has 0 aliphatic carbocycles. The van der Waals surface area contributed by atoms with E-state index in [0.717, 1.165) is 5.82 Å². The average Bonchev–Trinajstić information content (AvgIpc) is 2.44. The number of imidazole rings is 1. The van der Waals surface area contributed by atoms with Crippen LogP contribution in [-0.4, -0.2) is 9.97 Å². The van der Waals surface area contributed by atoms with Crippen molar-refractivity contribution in [3.63, 3.8) is 0 Å². The summed E-state index contributed by atoms with van der Waals surface area (Å²) in [7, 11) is 0. The lowest BCUT2D eigenvalue weighted by molar-refractivity contribution is 0.512. The third-order valence-corrected chi connectivity index (χ3v) is 2.73. The third kappa shape index (κ3) is 2.66. The molecular formula is C14H26N2. The van der Waals surface area contributed by atoms with E-state index in [0.29, 0.717) is 5.92 Å². The van der Waals surface area contributed by atoms with Crippen LogP contribution >= 0.6 is 0 Å². The molecule has 0 saturated carbocycles. The molecule has 0 aliphatic rings. The fourth-order valence-corrected chi connectivity index (χ4v) is 1.75. The van der Waals surface area contributed by atoms with Gasteiger partial charge in [0, 0.05) is 22.4 Å². The van der Waals surface area contributed by atoms with Gasteiger partial charge in [-0.2, -0.15) is 0 Å². The van der Waals surface area contributed by atoms with E-state index in [4.69, 9.17) is 4.98 Å². The number of nitrogens with one attached hydrogen (secondary N) is 1. The molecule has 0 bridgehead atoms. The Morgan fingerprint density at radius 3 is 1.69 bits per heavy atom. The predicted octanol–water partition coefficient (Wildman–Crippen LogP) is 4.13. The number of H-pyrrole nitrogens is 1. The van der Waals surface area contributed by atoms with Crippen LogP contribution in [0.5, 0.6) is 0 Å². The summed E-state index contributed by atoms with van der Waals surface area (Å²) in [5.74, 6) is 1.56. The van der Waals surface area contributed by atoms with Crippen molar-refractivity contribution < 1.29 is 0 Å². The van der Waals surface area contributed by atoms with Crippen molar-refractivity contribution in [1.29, 1.82) is 0 Å². The van der Waals surface area contributed by atoms with Crippen molar-refractivity contribution in [1.82, 2.24) is 9.97 Å². The third-order valence-electron chi connectivity index (χ3n) is 2.73. The van der Waals surface area contributed by atoms with Crippen LogP contribution in [0, 0.1) is 0 Å². The summed E-state index contributed by atoms with van der Waals surface area (Å²) >= 11 is 0. The Bertz CT molecular complexity index is 328. The average molecular weight is 222 g/mol. The first-order valence-electron chi connectivity index (χ1n) is 6.14. The van der Waals surface area contributed by atoms with Gasteiger partial charge in [0.05, 0.1) is 5.69 Å². The molecule has 0 atom stereocenters. The Morgan fingerprint density at radius 1 is 0.938 bits per heavy atom. The maximum absolute atomic E-state index is 4.79. The minimum absolute atomic E-state index is 0.103. The largest absolute Gasteiger partial charge is 0.345 e. The fraction of sp³-hybridized carbons (Fsp3) is 0.786. The Balaban J connectivity index is 3.36. The van der Waals surface area contributed by atoms with Gasteiger partial charge in [-0.3, -0.25) is 0 Å². The van der Waals surface area contributed by atoms with Gasteiger partial charge in [-0.15, -0.1) is 0 Å². The highest BCUT2D eigenvalue weighted by molar-refractivity contribution is 5.28. The topological polar surface area (TPSA) is 28.7 Å². The van der Waals surface area contributed by atoms with Crippen LogP contribution in [0.3, 0.4) is 0 Å². The van der Waals surface area contributed by atoms with Crippen molar-refractivity contribution in [2.45, 2.75) is 72.1 Å². The van der Waals surface area contributed by atoms with Crippen molar-refractivity contribution >= 4 is 0 Å². The molecule has 0 aliphatic heterocycles. The highest BCUT2D eigenvalue weighted by Crippen LogP contribution is 2.33. The summed E-state index contributed by atoms with van der Waals surface area (Å²) in [5.41, 5.74) is 2.72. The van der Waals surface area contributed by atoms with Crippen molar-refractivity contribution in [3.05, 3.63) is 17.2 Å². The maximum Gasteiger partial charge on any atom is 0.109 e. The van der Waals surface area contributed by atoms with Gasteiger partial charge in [0.1, 0.15) is 5.82 Å². The normalized spacial score (nSPS) is 13.6. The SMILES string of the molecule is CC(C)c1nc(C(C)(C)C)c(C(C)(C)C)[nH]1. The Labute approximate surface area is 99.9 Å². The van der Waals surface area contributed by atoms with Gasteiger partial charge >= 0.3 is 0 Å². The summed E-state index contributed by atoms with van der Waals surface area (Å²) in [6.07, 6.45) is 0. The molecule has 1 rings (SSSR count). The van der Waals surface area contributed by atoms with Crippen LogP contribution < -0.4 is 0 Å². The van der Waals surface area contributed by atoms with E-state index in [2.05, 4.69) is 60.4 Å². The maximum atomic E-state index is 4.79. The number of hydrogen-bond acceptors (Lipinski definition) is 1. The Hall–Kier alpha value is -0.790. The molecule has 1 N–H and O–H groups in total. The van der Waals surface area contributed by atoms with Crippen LogP contribution in [0.4, 0.5) is 0 Å². The standard InChI is InChI=1S/C14H26N2/c1-9(2)12-15-10(13(3,4)5)11(16-12)14(6,7)8/h9H,1-8H3,(H,15,16). The molecule has 2 heteroatoms. The van der Waals surface area contributed by atoms with Crippen LogP contribution in [0.2, 0.25) is 0 Å². The van der Waals surface area contributed by atoms with E-state index in [1.54, 1.807) is 0 Å². The van der Waals surface area contributed by atoms with Crippen LogP contribution in [0.15, 0.2) is 0 Å². The zero-order valence-corrected chi connectivity index (χ0v) is 12.0. The molecule has 0 radical (unpaired) electrons. The minimum atomic E-state index is 0.103. The van der Waals surface area contributed by atoms with Crippen molar-refractivity contribution in [2.24, 2.45) is 0 Å². The van der Waals surface area contributed by atoms with E-state index < -0.39 is 0 Å². The lowest BCUT2D eigenvalue weighted by Crippen LogP contribution is -2.21. The van der Waals surface area contributed by atoms with E-state index in [9.17, 15) is 0 Å². The quantitative estimate of drug-likeness (QED) is 0.760. The van der Waals surface area contributed by atoms with Crippen molar-refractivity contribution in [3.8, 4) is 0 Å². The molecule has 0 unspecified atom stereocenters. The van der Waals surface area contributed by atoms with E-state index in [1.165, 1.54) is 11.4 Å². The molecule has 1 aromatic heterocycles. The van der Waals surface area contributed by atoms with Crippen LogP contribution in [0.25, 0.3) is 0 Å². The molecule has 92 valence electrons. The molecule has 0 aromatic carbocycles. The zero-order valence-electron chi connectivity index (χ0n) is 12.0. The molecule has 2 nitrogen and oxygen atoms in total. The fourth-order valence-electron chi connectivity index (χ4n) is 1.75. The second-order valence-corrected chi connectivity index (χ2v) is 7.00. The first-order chi connectivity index (χ1) is 7.03. The lowest BCUT2D eigenvalue weighted by atomic mass is 9.82. The van der Waals surface area contributed by atoms with E-state index in [1.807, 2.05) is 0 Å². The molecule has 1 aromatic rings. The van der Waals surface area contributed by atoms with Gasteiger partial charge in [0.2, 0.25) is 0 Å². The number of aromatic nitrogens is 2. The molecule has 0 fully saturated rings. The smallest absolute Gasteiger partial charge is 0.109 e. The van der Waals surface area contributed by atoms with Crippen LogP contribution in [0.1, 0.15) is 78.5 Å². The summed E-state index contributed by atoms with van der Waals surface area (Å²) in [4.78, 5) is 8.31. The number of nitrogens with zero attached hydrogens (tertiary/aromatic N) is 1. The zero-order chi connectivity index (χ0) is 12.7. The number of rotatable bonds is 1. The van der Waals surface area contributed by atoms with Gasteiger partial charge in [-0.1, -0.05) is 55.4 Å². The molecule has 0 saturated heterocycles. The second kappa shape index (κ2) is 3.90. The van der Waals surface area contributed by atoms with E-state index >= 15 is 0 Å². The molecule has 0 amide bonds. The first kappa shape index (κ1) is 13.3. The molecule has 16 heavy (non-hydrogen) atoms. The number of hydrogen-bond donors (Lipinski definition) is 1. The van der Waals surface area contributed by atoms with Gasteiger partial charge in [-0.25, -0.2) is 4.98 Å². The summed E-state index contributed by atoms with van der Waals surface area (Å²) in [6, 6.07) is 0. The number of aromatic amines is 1. The molecule has 0 spiro atoms. The highest BCUT2D eigenvalue weighted by Gasteiger charge is 2.29. The summed E-state index contributed by atoms with van der Waals surface area (Å²) < 4.78 is 0. The monoisotopic (exact) mass is 222 g/mol. The van der Waals surface area contributed by atoms with Gasteiger partial charge in [-0.05, 0) is 0 Å². The van der Waals surface area contributed by atoms with Gasteiger partial charge in [0.25, 0.3) is 0 Å². The Kier molecular flexibility index (Phi) is 3.24.